The summed E-state index contributed by atoms with van der Waals surface area (Å²) in [6.45, 7) is 3.77. The van der Waals surface area contributed by atoms with Crippen LogP contribution in [0.15, 0.2) is 54.6 Å². The molecule has 0 saturated carbocycles. The van der Waals surface area contributed by atoms with Gasteiger partial charge in [-0.1, -0.05) is 25.1 Å². The van der Waals surface area contributed by atoms with E-state index in [1.165, 1.54) is 24.3 Å². The van der Waals surface area contributed by atoms with E-state index in [0.717, 1.165) is 16.6 Å². The average molecular weight is 338 g/mol. The fourth-order valence-corrected chi connectivity index (χ4v) is 2.56. The number of nitrogens with zero attached hydrogens (tertiary/aromatic N) is 1. The second-order valence-electron chi connectivity index (χ2n) is 5.79. The Morgan fingerprint density at radius 3 is 2.64 bits per heavy atom. The summed E-state index contributed by atoms with van der Waals surface area (Å²) in [4.78, 5) is 17.1. The zero-order valence-corrected chi connectivity index (χ0v) is 14.1. The Kier molecular flexibility index (Phi) is 4.93. The number of anilines is 1. The van der Waals surface area contributed by atoms with Gasteiger partial charge in [0.05, 0.1) is 11.2 Å². The Labute approximate surface area is 145 Å². The van der Waals surface area contributed by atoms with Crippen LogP contribution in [-0.4, -0.2) is 17.0 Å². The van der Waals surface area contributed by atoms with Crippen LogP contribution in [0.25, 0.3) is 10.9 Å². The van der Waals surface area contributed by atoms with Crippen molar-refractivity contribution in [2.24, 2.45) is 0 Å². The van der Waals surface area contributed by atoms with Crippen molar-refractivity contribution in [2.45, 2.75) is 26.4 Å². The highest BCUT2D eigenvalue weighted by Gasteiger charge is 2.19. The molecule has 5 heteroatoms. The molecule has 128 valence electrons. The van der Waals surface area contributed by atoms with Crippen LogP contribution in [0.5, 0.6) is 5.75 Å². The van der Waals surface area contributed by atoms with Gasteiger partial charge in [-0.2, -0.15) is 0 Å². The fraction of sp³-hybridized carbons (Fsp3) is 0.200. The van der Waals surface area contributed by atoms with Gasteiger partial charge in [0.2, 0.25) is 0 Å². The lowest BCUT2D eigenvalue weighted by molar-refractivity contribution is -0.122. The number of aromatic nitrogens is 1. The van der Waals surface area contributed by atoms with E-state index in [2.05, 4.69) is 10.3 Å². The van der Waals surface area contributed by atoms with Crippen LogP contribution in [0.4, 0.5) is 10.1 Å². The summed E-state index contributed by atoms with van der Waals surface area (Å²) in [6.07, 6.45) is -0.189. The molecule has 1 heterocycles. The van der Waals surface area contributed by atoms with Crippen LogP contribution in [0.1, 0.15) is 19.0 Å². The van der Waals surface area contributed by atoms with Gasteiger partial charge in [-0.15, -0.1) is 0 Å². The Morgan fingerprint density at radius 2 is 1.92 bits per heavy atom. The molecule has 3 aromatic rings. The zero-order chi connectivity index (χ0) is 17.8. The minimum Gasteiger partial charge on any atom is -0.481 e. The molecule has 25 heavy (non-hydrogen) atoms. The molecule has 1 amide bonds. The van der Waals surface area contributed by atoms with Crippen LogP contribution in [0, 0.1) is 12.7 Å². The summed E-state index contributed by atoms with van der Waals surface area (Å²) in [7, 11) is 0. The SMILES string of the molecule is CC[C@@H](Oc1ccc(F)cc1)C(=O)Nc1cccc2ccc(C)nc12. The van der Waals surface area contributed by atoms with Crippen molar-refractivity contribution in [2.75, 3.05) is 5.32 Å². The van der Waals surface area contributed by atoms with Crippen LogP contribution in [0.3, 0.4) is 0 Å². The lowest BCUT2D eigenvalue weighted by Crippen LogP contribution is -2.32. The number of aryl methyl sites for hydroxylation is 1. The molecule has 0 aliphatic rings. The minimum atomic E-state index is -0.675. The molecule has 0 saturated heterocycles. The van der Waals surface area contributed by atoms with Gasteiger partial charge < -0.3 is 10.1 Å². The van der Waals surface area contributed by atoms with Crippen LogP contribution in [0.2, 0.25) is 0 Å². The van der Waals surface area contributed by atoms with E-state index in [4.69, 9.17) is 4.74 Å². The highest BCUT2D eigenvalue weighted by molar-refractivity contribution is 6.02. The largest absolute Gasteiger partial charge is 0.481 e. The molecule has 0 spiro atoms. The molecule has 0 aliphatic carbocycles. The second-order valence-corrected chi connectivity index (χ2v) is 5.79. The maximum absolute atomic E-state index is 13.0. The van der Waals surface area contributed by atoms with E-state index in [-0.39, 0.29) is 11.7 Å². The van der Waals surface area contributed by atoms with E-state index in [1.54, 1.807) is 0 Å². The zero-order valence-electron chi connectivity index (χ0n) is 14.1. The summed E-state index contributed by atoms with van der Waals surface area (Å²) in [5.74, 6) is -0.153. The first-order valence-corrected chi connectivity index (χ1v) is 8.16. The number of ether oxygens (including phenoxy) is 1. The van der Waals surface area contributed by atoms with Gasteiger partial charge in [0.15, 0.2) is 6.10 Å². The first kappa shape index (κ1) is 16.9. The summed E-state index contributed by atoms with van der Waals surface area (Å²) in [5.41, 5.74) is 2.27. The van der Waals surface area contributed by atoms with Gasteiger partial charge in [0.25, 0.3) is 5.91 Å². The van der Waals surface area contributed by atoms with Crippen molar-refractivity contribution in [1.29, 1.82) is 0 Å². The van der Waals surface area contributed by atoms with E-state index in [0.29, 0.717) is 17.9 Å². The summed E-state index contributed by atoms with van der Waals surface area (Å²) in [5, 5.41) is 3.85. The highest BCUT2D eigenvalue weighted by Crippen LogP contribution is 2.23. The van der Waals surface area contributed by atoms with Gasteiger partial charge in [-0.3, -0.25) is 9.78 Å². The van der Waals surface area contributed by atoms with E-state index < -0.39 is 6.10 Å². The molecule has 1 N–H and O–H groups in total. The third-order valence-corrected chi connectivity index (χ3v) is 3.87. The Balaban J connectivity index is 1.80. The summed E-state index contributed by atoms with van der Waals surface area (Å²) >= 11 is 0. The van der Waals surface area contributed by atoms with E-state index >= 15 is 0 Å². The normalized spacial score (nSPS) is 12.0. The number of amides is 1. The topological polar surface area (TPSA) is 51.2 Å². The molecule has 1 aromatic heterocycles. The van der Waals surface area contributed by atoms with E-state index in [9.17, 15) is 9.18 Å². The van der Waals surface area contributed by atoms with Crippen molar-refractivity contribution in [1.82, 2.24) is 4.98 Å². The lowest BCUT2D eigenvalue weighted by Gasteiger charge is -2.18. The predicted octanol–water partition coefficient (Wildman–Crippen LogP) is 4.48. The number of rotatable bonds is 5. The molecule has 4 nitrogen and oxygen atoms in total. The summed E-state index contributed by atoms with van der Waals surface area (Å²) in [6, 6.07) is 15.2. The lowest BCUT2D eigenvalue weighted by atomic mass is 10.1. The van der Waals surface area contributed by atoms with Gasteiger partial charge in [0, 0.05) is 11.1 Å². The standard InChI is InChI=1S/C20H19FN2O2/c1-3-18(25-16-11-9-15(21)10-12-16)20(24)23-17-6-4-5-14-8-7-13(2)22-19(14)17/h4-12,18H,3H2,1-2H3,(H,23,24)/t18-/m1/s1. The van der Waals surface area contributed by atoms with Gasteiger partial charge in [-0.05, 0) is 49.7 Å². The van der Waals surface area contributed by atoms with Crippen LogP contribution in [-0.2, 0) is 4.79 Å². The highest BCUT2D eigenvalue weighted by atomic mass is 19.1. The first-order chi connectivity index (χ1) is 12.1. The van der Waals surface area contributed by atoms with Gasteiger partial charge >= 0.3 is 0 Å². The smallest absolute Gasteiger partial charge is 0.265 e. The number of nitrogens with one attached hydrogen (secondary N) is 1. The molecular formula is C20H19FN2O2. The molecule has 0 radical (unpaired) electrons. The van der Waals surface area contributed by atoms with Gasteiger partial charge in [-0.25, -0.2) is 4.39 Å². The van der Waals surface area contributed by atoms with Crippen molar-refractivity contribution in [3.8, 4) is 5.75 Å². The number of carbonyl (C=O) groups excluding carboxylic acids is 1. The quantitative estimate of drug-likeness (QED) is 0.746. The average Bonchev–Trinajstić information content (AvgIpc) is 2.61. The minimum absolute atomic E-state index is 0.261. The molecular weight excluding hydrogens is 319 g/mol. The van der Waals surface area contributed by atoms with E-state index in [1.807, 2.05) is 44.2 Å². The molecule has 0 aliphatic heterocycles. The maximum Gasteiger partial charge on any atom is 0.265 e. The molecule has 2 aromatic carbocycles. The fourth-order valence-electron chi connectivity index (χ4n) is 2.56. The van der Waals surface area contributed by atoms with Crippen LogP contribution >= 0.6 is 0 Å². The number of halogens is 1. The first-order valence-electron chi connectivity index (χ1n) is 8.16. The van der Waals surface area contributed by atoms with Crippen molar-refractivity contribution < 1.29 is 13.9 Å². The Bertz CT molecular complexity index is 894. The van der Waals surface area contributed by atoms with Crippen LogP contribution < -0.4 is 10.1 Å². The number of hydrogen-bond acceptors (Lipinski definition) is 3. The number of para-hydroxylation sites is 1. The third kappa shape index (κ3) is 3.94. The Hall–Kier alpha value is -2.95. The van der Waals surface area contributed by atoms with Gasteiger partial charge in [0.1, 0.15) is 11.6 Å². The number of carbonyl (C=O) groups is 1. The molecule has 0 bridgehead atoms. The monoisotopic (exact) mass is 338 g/mol. The molecule has 3 rings (SSSR count). The molecule has 1 atom stereocenters. The van der Waals surface area contributed by atoms with Crippen molar-refractivity contribution >= 4 is 22.5 Å². The third-order valence-electron chi connectivity index (χ3n) is 3.87. The Morgan fingerprint density at radius 1 is 1.16 bits per heavy atom. The predicted molar refractivity (Wildman–Crippen MR) is 96.2 cm³/mol. The molecule has 0 unspecified atom stereocenters. The summed E-state index contributed by atoms with van der Waals surface area (Å²) < 4.78 is 18.7. The second kappa shape index (κ2) is 7.30. The van der Waals surface area contributed by atoms with Crippen molar-refractivity contribution in [3.63, 3.8) is 0 Å². The number of benzene rings is 2. The molecule has 0 fully saturated rings. The number of hydrogen-bond donors (Lipinski definition) is 1. The van der Waals surface area contributed by atoms with Crippen molar-refractivity contribution in [3.05, 3.63) is 66.1 Å². The maximum atomic E-state index is 13.0. The number of pyridine rings is 1. The number of fused-ring (bicyclic) bond motifs is 1.